The molecule has 1 saturated heterocycles. The number of aromatic nitrogens is 2. The van der Waals surface area contributed by atoms with Gasteiger partial charge in [0.25, 0.3) is 5.91 Å². The van der Waals surface area contributed by atoms with Crippen LogP contribution in [-0.2, 0) is 6.42 Å². The summed E-state index contributed by atoms with van der Waals surface area (Å²) in [6.07, 6.45) is 6.19. The molecule has 0 unspecified atom stereocenters. The fraction of sp³-hybridized carbons (Fsp3) is 0.400. The second kappa shape index (κ2) is 6.22. The van der Waals surface area contributed by atoms with Crippen LogP contribution in [0.4, 0.5) is 5.82 Å². The Kier molecular flexibility index (Phi) is 4.15. The van der Waals surface area contributed by atoms with E-state index in [1.165, 1.54) is 0 Å². The lowest BCUT2D eigenvalue weighted by Gasteiger charge is -2.32. The zero-order valence-electron chi connectivity index (χ0n) is 11.7. The summed E-state index contributed by atoms with van der Waals surface area (Å²) in [7, 11) is 0. The quantitative estimate of drug-likeness (QED) is 0.943. The van der Waals surface area contributed by atoms with Crippen LogP contribution in [0.3, 0.4) is 0 Å². The Hall–Kier alpha value is -1.95. The van der Waals surface area contributed by atoms with E-state index < -0.39 is 0 Å². The molecule has 3 rings (SSSR count). The molecule has 0 saturated carbocycles. The minimum Gasteiger partial charge on any atom is -0.382 e. The smallest absolute Gasteiger partial charge is 0.254 e. The van der Waals surface area contributed by atoms with E-state index in [0.717, 1.165) is 43.6 Å². The molecule has 0 aromatic carbocycles. The van der Waals surface area contributed by atoms with Gasteiger partial charge in [0, 0.05) is 30.9 Å². The van der Waals surface area contributed by atoms with Crippen LogP contribution in [0.2, 0.25) is 0 Å². The van der Waals surface area contributed by atoms with Crippen molar-refractivity contribution < 1.29 is 4.79 Å². The Morgan fingerprint density at radius 1 is 1.43 bits per heavy atom. The van der Waals surface area contributed by atoms with Crippen LogP contribution < -0.4 is 5.73 Å². The van der Waals surface area contributed by atoms with Gasteiger partial charge in [-0.3, -0.25) is 9.78 Å². The van der Waals surface area contributed by atoms with E-state index in [-0.39, 0.29) is 5.91 Å². The van der Waals surface area contributed by atoms with Gasteiger partial charge in [0.05, 0.1) is 11.3 Å². The molecule has 1 fully saturated rings. The Bertz CT molecular complexity index is 614. The molecular formula is C15H18N4OS. The van der Waals surface area contributed by atoms with Crippen molar-refractivity contribution in [3.05, 3.63) is 40.5 Å². The summed E-state index contributed by atoms with van der Waals surface area (Å²) in [5.74, 6) is 1.03. The third kappa shape index (κ3) is 3.21. The van der Waals surface area contributed by atoms with Crippen molar-refractivity contribution in [1.29, 1.82) is 0 Å². The molecule has 2 aromatic heterocycles. The number of nitrogens with zero attached hydrogens (tertiary/aromatic N) is 3. The monoisotopic (exact) mass is 302 g/mol. The zero-order valence-corrected chi connectivity index (χ0v) is 12.6. The van der Waals surface area contributed by atoms with E-state index in [4.69, 9.17) is 5.73 Å². The van der Waals surface area contributed by atoms with E-state index in [2.05, 4.69) is 9.97 Å². The largest absolute Gasteiger partial charge is 0.382 e. The molecule has 6 heteroatoms. The second-order valence-corrected chi connectivity index (χ2v) is 6.14. The number of nitrogens with two attached hydrogens (primary N) is 1. The van der Waals surface area contributed by atoms with Crippen LogP contribution in [0.1, 0.15) is 28.9 Å². The summed E-state index contributed by atoms with van der Waals surface area (Å²) in [6, 6.07) is 1.89. The summed E-state index contributed by atoms with van der Waals surface area (Å²) in [5.41, 5.74) is 7.49. The fourth-order valence-electron chi connectivity index (χ4n) is 2.79. The second-order valence-electron chi connectivity index (χ2n) is 5.36. The van der Waals surface area contributed by atoms with Gasteiger partial charge in [0.15, 0.2) is 0 Å². The number of carbonyl (C=O) groups is 1. The van der Waals surface area contributed by atoms with Crippen molar-refractivity contribution >= 4 is 23.1 Å². The molecule has 1 aliphatic heterocycles. The van der Waals surface area contributed by atoms with Crippen molar-refractivity contribution in [3.8, 4) is 0 Å². The minimum atomic E-state index is 0.132. The molecule has 110 valence electrons. The summed E-state index contributed by atoms with van der Waals surface area (Å²) < 4.78 is 0. The van der Waals surface area contributed by atoms with Gasteiger partial charge in [0.2, 0.25) is 0 Å². The van der Waals surface area contributed by atoms with Crippen LogP contribution in [0, 0.1) is 5.92 Å². The molecule has 1 atom stereocenters. The highest BCUT2D eigenvalue weighted by Crippen LogP contribution is 2.23. The number of amides is 1. The Labute approximate surface area is 127 Å². The maximum absolute atomic E-state index is 12.4. The van der Waals surface area contributed by atoms with E-state index in [9.17, 15) is 4.79 Å². The first kappa shape index (κ1) is 14.0. The van der Waals surface area contributed by atoms with E-state index in [0.29, 0.717) is 11.7 Å². The standard InChI is InChI=1S/C15H18N4OS/c16-14-13(17-4-5-18-14)8-11-2-1-6-19(9-11)15(20)12-3-7-21-10-12/h3-5,7,10-11H,1-2,6,8-9H2,(H2,16,18)/t11-/m0/s1. The highest BCUT2D eigenvalue weighted by molar-refractivity contribution is 7.08. The summed E-state index contributed by atoms with van der Waals surface area (Å²) in [5, 5.41) is 3.85. The van der Waals surface area contributed by atoms with Crippen LogP contribution >= 0.6 is 11.3 Å². The summed E-state index contributed by atoms with van der Waals surface area (Å²) >= 11 is 1.55. The SMILES string of the molecule is Nc1nccnc1C[C@@H]1CCCN(C(=O)c2ccsc2)C1. The van der Waals surface area contributed by atoms with Crippen molar-refractivity contribution in [1.82, 2.24) is 14.9 Å². The summed E-state index contributed by atoms with van der Waals surface area (Å²) in [6.45, 7) is 1.60. The number of rotatable bonds is 3. The molecule has 0 aliphatic carbocycles. The van der Waals surface area contributed by atoms with Crippen molar-refractivity contribution in [2.45, 2.75) is 19.3 Å². The van der Waals surface area contributed by atoms with Crippen molar-refractivity contribution in [3.63, 3.8) is 0 Å². The molecule has 0 spiro atoms. The molecule has 2 aromatic rings. The third-order valence-electron chi connectivity index (χ3n) is 3.86. The van der Waals surface area contributed by atoms with Crippen LogP contribution in [-0.4, -0.2) is 33.9 Å². The number of carbonyl (C=O) groups excluding carboxylic acids is 1. The van der Waals surface area contributed by atoms with Gasteiger partial charge in [-0.2, -0.15) is 11.3 Å². The van der Waals surface area contributed by atoms with Gasteiger partial charge in [-0.05, 0) is 36.6 Å². The molecule has 5 nitrogen and oxygen atoms in total. The number of hydrogen-bond donors (Lipinski definition) is 1. The predicted octanol–water partition coefficient (Wildman–Crippen LogP) is 2.22. The number of likely N-dealkylation sites (tertiary alicyclic amines) is 1. The van der Waals surface area contributed by atoms with E-state index in [1.807, 2.05) is 21.7 Å². The molecule has 1 amide bonds. The lowest BCUT2D eigenvalue weighted by atomic mass is 9.93. The Balaban J connectivity index is 1.66. The van der Waals surface area contributed by atoms with Crippen LogP contribution in [0.15, 0.2) is 29.2 Å². The molecule has 1 aliphatic rings. The zero-order chi connectivity index (χ0) is 14.7. The van der Waals surface area contributed by atoms with Gasteiger partial charge < -0.3 is 10.6 Å². The lowest BCUT2D eigenvalue weighted by Crippen LogP contribution is -2.40. The highest BCUT2D eigenvalue weighted by atomic mass is 32.1. The summed E-state index contributed by atoms with van der Waals surface area (Å²) in [4.78, 5) is 22.7. The van der Waals surface area contributed by atoms with Crippen LogP contribution in [0.25, 0.3) is 0 Å². The van der Waals surface area contributed by atoms with Gasteiger partial charge >= 0.3 is 0 Å². The first-order valence-electron chi connectivity index (χ1n) is 7.11. The van der Waals surface area contributed by atoms with Gasteiger partial charge in [-0.1, -0.05) is 0 Å². The van der Waals surface area contributed by atoms with Gasteiger partial charge in [-0.15, -0.1) is 0 Å². The first-order chi connectivity index (χ1) is 10.2. The number of piperidine rings is 1. The highest BCUT2D eigenvalue weighted by Gasteiger charge is 2.25. The molecule has 21 heavy (non-hydrogen) atoms. The average Bonchev–Trinajstić information content (AvgIpc) is 3.03. The maximum atomic E-state index is 12.4. The molecule has 0 radical (unpaired) electrons. The molecule has 3 heterocycles. The first-order valence-corrected chi connectivity index (χ1v) is 8.05. The normalized spacial score (nSPS) is 18.7. The topological polar surface area (TPSA) is 72.1 Å². The van der Waals surface area contributed by atoms with Gasteiger partial charge in [-0.25, -0.2) is 4.98 Å². The van der Waals surface area contributed by atoms with E-state index in [1.54, 1.807) is 23.7 Å². The van der Waals surface area contributed by atoms with Crippen molar-refractivity contribution in [2.24, 2.45) is 5.92 Å². The molecular weight excluding hydrogens is 284 g/mol. The Morgan fingerprint density at radius 3 is 3.05 bits per heavy atom. The fourth-order valence-corrected chi connectivity index (χ4v) is 3.42. The number of hydrogen-bond acceptors (Lipinski definition) is 5. The van der Waals surface area contributed by atoms with Gasteiger partial charge in [0.1, 0.15) is 5.82 Å². The van der Waals surface area contributed by atoms with Crippen LogP contribution in [0.5, 0.6) is 0 Å². The maximum Gasteiger partial charge on any atom is 0.254 e. The van der Waals surface area contributed by atoms with E-state index >= 15 is 0 Å². The Morgan fingerprint density at radius 2 is 2.29 bits per heavy atom. The molecule has 0 bridgehead atoms. The molecule has 2 N–H and O–H groups in total. The average molecular weight is 302 g/mol. The lowest BCUT2D eigenvalue weighted by molar-refractivity contribution is 0.0673. The number of nitrogen functional groups attached to an aromatic ring is 1. The predicted molar refractivity (Wildman–Crippen MR) is 83.1 cm³/mol. The number of thiophene rings is 1. The minimum absolute atomic E-state index is 0.132. The van der Waals surface area contributed by atoms with Crippen molar-refractivity contribution in [2.75, 3.05) is 18.8 Å². The third-order valence-corrected chi connectivity index (χ3v) is 4.55. The number of anilines is 1.